The van der Waals surface area contributed by atoms with E-state index < -0.39 is 5.60 Å². The molecule has 1 aromatic rings. The number of nitrogens with one attached hydrogen (secondary N) is 1. The zero-order valence-electron chi connectivity index (χ0n) is 11.3. The Morgan fingerprint density at radius 1 is 1.30 bits per heavy atom. The van der Waals surface area contributed by atoms with Crippen molar-refractivity contribution in [2.75, 3.05) is 6.54 Å². The second-order valence-electron chi connectivity index (χ2n) is 5.44. The van der Waals surface area contributed by atoms with Crippen molar-refractivity contribution in [1.82, 2.24) is 5.32 Å². The van der Waals surface area contributed by atoms with E-state index >= 15 is 0 Å². The van der Waals surface area contributed by atoms with Crippen molar-refractivity contribution in [3.05, 3.63) is 33.8 Å². The average Bonchev–Trinajstić information content (AvgIpc) is 2.83. The smallest absolute Gasteiger partial charge is 0.220 e. The molecule has 0 aromatic heterocycles. The van der Waals surface area contributed by atoms with Gasteiger partial charge in [0.15, 0.2) is 0 Å². The molecule has 110 valence electrons. The maximum Gasteiger partial charge on any atom is 0.220 e. The number of carbonyl (C=O) groups is 1. The summed E-state index contributed by atoms with van der Waals surface area (Å²) in [6, 6.07) is 5.28. The predicted octanol–water partition coefficient (Wildman–Crippen LogP) is 3.35. The fourth-order valence-electron chi connectivity index (χ4n) is 2.53. The summed E-state index contributed by atoms with van der Waals surface area (Å²) < 4.78 is 0. The van der Waals surface area contributed by atoms with E-state index in [1.54, 1.807) is 12.1 Å². The van der Waals surface area contributed by atoms with E-state index in [-0.39, 0.29) is 5.91 Å². The molecule has 0 atom stereocenters. The minimum Gasteiger partial charge on any atom is -0.388 e. The fourth-order valence-corrected chi connectivity index (χ4v) is 3.04. The first-order valence-electron chi connectivity index (χ1n) is 6.92. The number of carbonyl (C=O) groups excluding carboxylic acids is 1. The molecule has 1 aromatic carbocycles. The van der Waals surface area contributed by atoms with Gasteiger partial charge in [-0.1, -0.05) is 42.1 Å². The van der Waals surface area contributed by atoms with Crippen LogP contribution in [0.4, 0.5) is 0 Å². The highest BCUT2D eigenvalue weighted by Gasteiger charge is 2.31. The third-order valence-electron chi connectivity index (χ3n) is 3.79. The van der Waals surface area contributed by atoms with E-state index in [0.717, 1.165) is 31.2 Å². The fraction of sp³-hybridized carbons (Fsp3) is 0.533. The van der Waals surface area contributed by atoms with Crippen LogP contribution in [0, 0.1) is 0 Å². The Balaban J connectivity index is 1.77. The summed E-state index contributed by atoms with van der Waals surface area (Å²) in [4.78, 5) is 11.8. The Kier molecular flexibility index (Phi) is 5.30. The molecular weight excluding hydrogens is 297 g/mol. The molecule has 20 heavy (non-hydrogen) atoms. The summed E-state index contributed by atoms with van der Waals surface area (Å²) in [7, 11) is 0. The van der Waals surface area contributed by atoms with Gasteiger partial charge in [-0.3, -0.25) is 4.79 Å². The van der Waals surface area contributed by atoms with Gasteiger partial charge in [0.1, 0.15) is 0 Å². The molecule has 5 heteroatoms. The quantitative estimate of drug-likeness (QED) is 0.875. The number of aliphatic hydroxyl groups is 1. The minimum absolute atomic E-state index is 0.0589. The van der Waals surface area contributed by atoms with Crippen molar-refractivity contribution < 1.29 is 9.90 Å². The first-order valence-corrected chi connectivity index (χ1v) is 7.67. The first-order chi connectivity index (χ1) is 9.48. The van der Waals surface area contributed by atoms with Gasteiger partial charge in [-0.15, -0.1) is 0 Å². The van der Waals surface area contributed by atoms with Crippen LogP contribution in [0.1, 0.15) is 37.7 Å². The summed E-state index contributed by atoms with van der Waals surface area (Å²) in [6.45, 7) is 0.347. The number of halogens is 2. The van der Waals surface area contributed by atoms with Crippen LogP contribution in [0.3, 0.4) is 0 Å². The second-order valence-corrected chi connectivity index (χ2v) is 6.29. The SMILES string of the molecule is O=C(CCc1ccc(Cl)cc1Cl)NCC1(O)CCCC1. The Labute approximate surface area is 129 Å². The van der Waals surface area contributed by atoms with Gasteiger partial charge >= 0.3 is 0 Å². The third-order valence-corrected chi connectivity index (χ3v) is 4.37. The topological polar surface area (TPSA) is 49.3 Å². The Bertz CT molecular complexity index is 485. The highest BCUT2D eigenvalue weighted by atomic mass is 35.5. The van der Waals surface area contributed by atoms with Crippen molar-refractivity contribution in [3.8, 4) is 0 Å². The zero-order valence-corrected chi connectivity index (χ0v) is 12.8. The number of amides is 1. The number of hydrogen-bond acceptors (Lipinski definition) is 2. The number of benzene rings is 1. The van der Waals surface area contributed by atoms with Crippen LogP contribution in [0.5, 0.6) is 0 Å². The summed E-state index contributed by atoms with van der Waals surface area (Å²) in [5, 5.41) is 14.1. The van der Waals surface area contributed by atoms with E-state index in [2.05, 4.69) is 5.32 Å². The van der Waals surface area contributed by atoms with Crippen LogP contribution < -0.4 is 5.32 Å². The molecule has 2 N–H and O–H groups in total. The molecule has 0 saturated heterocycles. The maximum absolute atomic E-state index is 11.8. The van der Waals surface area contributed by atoms with Crippen LogP contribution in [-0.4, -0.2) is 23.2 Å². The molecule has 1 saturated carbocycles. The van der Waals surface area contributed by atoms with Gasteiger partial charge in [0.05, 0.1) is 5.60 Å². The van der Waals surface area contributed by atoms with Crippen LogP contribution in [-0.2, 0) is 11.2 Å². The molecule has 0 bridgehead atoms. The number of rotatable bonds is 5. The molecule has 2 rings (SSSR count). The summed E-state index contributed by atoms with van der Waals surface area (Å²) >= 11 is 11.9. The van der Waals surface area contributed by atoms with Gasteiger partial charge in [-0.25, -0.2) is 0 Å². The molecule has 0 radical (unpaired) electrons. The van der Waals surface area contributed by atoms with E-state index in [0.29, 0.717) is 29.4 Å². The highest BCUT2D eigenvalue weighted by molar-refractivity contribution is 6.35. The summed E-state index contributed by atoms with van der Waals surface area (Å²) in [5.41, 5.74) is 0.207. The van der Waals surface area contributed by atoms with E-state index in [1.807, 2.05) is 6.07 Å². The van der Waals surface area contributed by atoms with Gasteiger partial charge in [0.2, 0.25) is 5.91 Å². The normalized spacial score (nSPS) is 17.1. The minimum atomic E-state index is -0.701. The Morgan fingerprint density at radius 3 is 2.65 bits per heavy atom. The van der Waals surface area contributed by atoms with Crippen molar-refractivity contribution in [3.63, 3.8) is 0 Å². The van der Waals surface area contributed by atoms with Crippen molar-refractivity contribution >= 4 is 29.1 Å². The largest absolute Gasteiger partial charge is 0.388 e. The van der Waals surface area contributed by atoms with Crippen LogP contribution in [0.15, 0.2) is 18.2 Å². The van der Waals surface area contributed by atoms with Gasteiger partial charge in [-0.05, 0) is 37.0 Å². The monoisotopic (exact) mass is 315 g/mol. The molecule has 1 fully saturated rings. The van der Waals surface area contributed by atoms with Gasteiger partial charge < -0.3 is 10.4 Å². The van der Waals surface area contributed by atoms with E-state index in [9.17, 15) is 9.90 Å². The highest BCUT2D eigenvalue weighted by Crippen LogP contribution is 2.28. The van der Waals surface area contributed by atoms with Gasteiger partial charge in [0.25, 0.3) is 0 Å². The molecule has 0 heterocycles. The lowest BCUT2D eigenvalue weighted by Gasteiger charge is -2.22. The van der Waals surface area contributed by atoms with Crippen LogP contribution in [0.25, 0.3) is 0 Å². The molecule has 3 nitrogen and oxygen atoms in total. The average molecular weight is 316 g/mol. The molecule has 0 spiro atoms. The molecule has 1 aliphatic rings. The standard InChI is InChI=1S/C15H19Cl2NO2/c16-12-5-3-11(13(17)9-12)4-6-14(19)18-10-15(20)7-1-2-8-15/h3,5,9,20H,1-2,4,6-8,10H2,(H,18,19). The van der Waals surface area contributed by atoms with Crippen LogP contribution >= 0.6 is 23.2 Å². The van der Waals surface area contributed by atoms with Crippen molar-refractivity contribution in [2.45, 2.75) is 44.1 Å². The zero-order chi connectivity index (χ0) is 14.6. The lowest BCUT2D eigenvalue weighted by molar-refractivity contribution is -0.122. The second kappa shape index (κ2) is 6.79. The predicted molar refractivity (Wildman–Crippen MR) is 81.2 cm³/mol. The lowest BCUT2D eigenvalue weighted by atomic mass is 10.0. The molecule has 1 amide bonds. The maximum atomic E-state index is 11.8. The summed E-state index contributed by atoms with van der Waals surface area (Å²) in [5.74, 6) is -0.0589. The van der Waals surface area contributed by atoms with Crippen LogP contribution in [0.2, 0.25) is 10.0 Å². The molecular formula is C15H19Cl2NO2. The first kappa shape index (κ1) is 15.6. The van der Waals surface area contributed by atoms with Gasteiger partial charge in [-0.2, -0.15) is 0 Å². The number of hydrogen-bond donors (Lipinski definition) is 2. The molecule has 0 aliphatic heterocycles. The Morgan fingerprint density at radius 2 is 2.00 bits per heavy atom. The third kappa shape index (κ3) is 4.37. The molecule has 1 aliphatic carbocycles. The summed E-state index contributed by atoms with van der Waals surface area (Å²) in [6.07, 6.45) is 4.55. The Hall–Kier alpha value is -0.770. The van der Waals surface area contributed by atoms with Crippen molar-refractivity contribution in [2.24, 2.45) is 0 Å². The van der Waals surface area contributed by atoms with Crippen molar-refractivity contribution in [1.29, 1.82) is 0 Å². The van der Waals surface area contributed by atoms with Gasteiger partial charge in [0, 0.05) is 23.0 Å². The molecule has 0 unspecified atom stereocenters. The van der Waals surface area contributed by atoms with E-state index in [4.69, 9.17) is 23.2 Å². The van der Waals surface area contributed by atoms with E-state index in [1.165, 1.54) is 0 Å². The number of aryl methyl sites for hydroxylation is 1. The lowest BCUT2D eigenvalue weighted by Crippen LogP contribution is -2.40.